The van der Waals surface area contributed by atoms with Crippen LogP contribution in [0, 0.1) is 0 Å². The Hall–Kier alpha value is -2.54. The second kappa shape index (κ2) is 9.08. The topological polar surface area (TPSA) is 66.9 Å². The number of anilines is 1. The minimum absolute atomic E-state index is 0.0427. The van der Waals surface area contributed by atoms with Gasteiger partial charge >= 0.3 is 0 Å². The molecule has 6 nitrogen and oxygen atoms in total. The lowest BCUT2D eigenvalue weighted by atomic mass is 10.1. The number of nitrogens with zero attached hydrogens (tertiary/aromatic N) is 2. The Bertz CT molecular complexity index is 981. The van der Waals surface area contributed by atoms with Gasteiger partial charge in [0, 0.05) is 24.7 Å². The van der Waals surface area contributed by atoms with Crippen LogP contribution in [0.4, 0.5) is 5.69 Å². The molecule has 0 spiro atoms. The molecule has 0 saturated heterocycles. The molecule has 3 rings (SSSR count). The van der Waals surface area contributed by atoms with Crippen molar-refractivity contribution < 1.29 is 17.9 Å². The van der Waals surface area contributed by atoms with Crippen LogP contribution in [-0.2, 0) is 10.0 Å². The zero-order valence-corrected chi connectivity index (χ0v) is 18.9. The van der Waals surface area contributed by atoms with Crippen molar-refractivity contribution in [3.63, 3.8) is 0 Å². The fourth-order valence-electron chi connectivity index (χ4n) is 4.10. The largest absolute Gasteiger partial charge is 0.495 e. The number of carbonyl (C=O) groups excluding carboxylic acids is 1. The van der Waals surface area contributed by atoms with Gasteiger partial charge in [-0.1, -0.05) is 25.0 Å². The number of ether oxygens (including phenoxy) is 1. The summed E-state index contributed by atoms with van der Waals surface area (Å²) in [5, 5.41) is 0. The first-order valence-corrected chi connectivity index (χ1v) is 11.8. The zero-order valence-electron chi connectivity index (χ0n) is 18.0. The van der Waals surface area contributed by atoms with E-state index in [0.717, 1.165) is 25.7 Å². The van der Waals surface area contributed by atoms with E-state index >= 15 is 0 Å². The lowest BCUT2D eigenvalue weighted by Crippen LogP contribution is -2.43. The molecule has 7 heteroatoms. The Morgan fingerprint density at radius 1 is 1.03 bits per heavy atom. The molecule has 2 aromatic carbocycles. The van der Waals surface area contributed by atoms with Gasteiger partial charge in [-0.3, -0.25) is 9.10 Å². The van der Waals surface area contributed by atoms with Gasteiger partial charge in [-0.25, -0.2) is 8.42 Å². The summed E-state index contributed by atoms with van der Waals surface area (Å²) < 4.78 is 32.7. The average Bonchev–Trinajstić information content (AvgIpc) is 3.27. The van der Waals surface area contributed by atoms with Gasteiger partial charge in [-0.2, -0.15) is 0 Å². The summed E-state index contributed by atoms with van der Waals surface area (Å²) >= 11 is 0. The average molecular weight is 431 g/mol. The first-order chi connectivity index (χ1) is 14.3. The van der Waals surface area contributed by atoms with Crippen LogP contribution in [0.1, 0.15) is 49.9 Å². The van der Waals surface area contributed by atoms with E-state index in [-0.39, 0.29) is 22.9 Å². The van der Waals surface area contributed by atoms with Gasteiger partial charge in [0.2, 0.25) is 0 Å². The Labute approximate surface area is 179 Å². The minimum atomic E-state index is -3.79. The first kappa shape index (κ1) is 22.2. The summed E-state index contributed by atoms with van der Waals surface area (Å²) in [5.41, 5.74) is 0.960. The molecule has 1 aliphatic carbocycles. The number of hydrogen-bond donors (Lipinski definition) is 0. The molecule has 0 heterocycles. The maximum atomic E-state index is 13.1. The standard InChI is InChI=1S/C23H30N2O4S/c1-17(2)25(19-9-5-6-10-19)23(26)18-13-15-20(16-14-18)30(27,28)24(3)21-11-7-8-12-22(21)29-4/h7-8,11-17,19H,5-6,9-10H2,1-4H3. The Morgan fingerprint density at radius 2 is 1.63 bits per heavy atom. The highest BCUT2D eigenvalue weighted by atomic mass is 32.2. The van der Waals surface area contributed by atoms with Crippen molar-refractivity contribution in [2.45, 2.75) is 56.5 Å². The molecular formula is C23H30N2O4S. The van der Waals surface area contributed by atoms with Crippen LogP contribution in [0.25, 0.3) is 0 Å². The van der Waals surface area contributed by atoms with Gasteiger partial charge in [-0.05, 0) is 63.1 Å². The van der Waals surface area contributed by atoms with Crippen molar-refractivity contribution in [1.29, 1.82) is 0 Å². The van der Waals surface area contributed by atoms with Crippen molar-refractivity contribution in [3.8, 4) is 5.75 Å². The molecule has 1 amide bonds. The van der Waals surface area contributed by atoms with E-state index in [1.807, 2.05) is 18.7 Å². The monoisotopic (exact) mass is 430 g/mol. The zero-order chi connectivity index (χ0) is 21.9. The summed E-state index contributed by atoms with van der Waals surface area (Å²) in [7, 11) is -0.794. The molecule has 162 valence electrons. The van der Waals surface area contributed by atoms with Crippen LogP contribution < -0.4 is 9.04 Å². The Morgan fingerprint density at radius 3 is 2.20 bits per heavy atom. The van der Waals surface area contributed by atoms with Crippen LogP contribution in [0.3, 0.4) is 0 Å². The van der Waals surface area contributed by atoms with Crippen molar-refractivity contribution in [3.05, 3.63) is 54.1 Å². The van der Waals surface area contributed by atoms with Gasteiger partial charge in [0.05, 0.1) is 17.7 Å². The van der Waals surface area contributed by atoms with E-state index < -0.39 is 10.0 Å². The van der Waals surface area contributed by atoms with E-state index in [0.29, 0.717) is 17.0 Å². The molecule has 0 aromatic heterocycles. The fraction of sp³-hybridized carbons (Fsp3) is 0.435. The fourth-order valence-corrected chi connectivity index (χ4v) is 5.31. The second-order valence-corrected chi connectivity index (χ2v) is 9.88. The van der Waals surface area contributed by atoms with Crippen molar-refractivity contribution in [1.82, 2.24) is 4.90 Å². The van der Waals surface area contributed by atoms with Gasteiger partial charge in [-0.15, -0.1) is 0 Å². The molecule has 0 aliphatic heterocycles. The minimum Gasteiger partial charge on any atom is -0.495 e. The maximum Gasteiger partial charge on any atom is 0.264 e. The van der Waals surface area contributed by atoms with Crippen LogP contribution in [0.15, 0.2) is 53.4 Å². The summed E-state index contributed by atoms with van der Waals surface area (Å²) in [6.45, 7) is 4.05. The molecule has 1 fully saturated rings. The lowest BCUT2D eigenvalue weighted by Gasteiger charge is -2.33. The summed E-state index contributed by atoms with van der Waals surface area (Å²) in [4.78, 5) is 15.2. The maximum absolute atomic E-state index is 13.1. The Balaban J connectivity index is 1.86. The predicted octanol–water partition coefficient (Wildman–Crippen LogP) is 4.31. The third kappa shape index (κ3) is 4.31. The second-order valence-electron chi connectivity index (χ2n) is 7.91. The predicted molar refractivity (Wildman–Crippen MR) is 119 cm³/mol. The summed E-state index contributed by atoms with van der Waals surface area (Å²) in [6.07, 6.45) is 4.35. The highest BCUT2D eigenvalue weighted by Gasteiger charge is 2.30. The third-order valence-corrected chi connectivity index (χ3v) is 7.48. The number of benzene rings is 2. The molecule has 0 radical (unpaired) electrons. The molecule has 30 heavy (non-hydrogen) atoms. The van der Waals surface area contributed by atoms with Crippen molar-refractivity contribution >= 4 is 21.6 Å². The van der Waals surface area contributed by atoms with E-state index in [4.69, 9.17) is 4.74 Å². The number of hydrogen-bond acceptors (Lipinski definition) is 4. The molecule has 0 unspecified atom stereocenters. The molecular weight excluding hydrogens is 400 g/mol. The normalized spacial score (nSPS) is 14.7. The van der Waals surface area contributed by atoms with E-state index in [2.05, 4.69) is 0 Å². The third-order valence-electron chi connectivity index (χ3n) is 5.69. The number of methoxy groups -OCH3 is 1. The van der Waals surface area contributed by atoms with Crippen molar-refractivity contribution in [2.24, 2.45) is 0 Å². The van der Waals surface area contributed by atoms with Gasteiger partial charge < -0.3 is 9.64 Å². The number of rotatable bonds is 7. The van der Waals surface area contributed by atoms with Crippen LogP contribution >= 0.6 is 0 Å². The van der Waals surface area contributed by atoms with E-state index in [9.17, 15) is 13.2 Å². The number of carbonyl (C=O) groups is 1. The van der Waals surface area contributed by atoms with Gasteiger partial charge in [0.25, 0.3) is 15.9 Å². The molecule has 1 saturated carbocycles. The molecule has 2 aromatic rings. The van der Waals surface area contributed by atoms with Crippen LogP contribution in [-0.4, -0.2) is 45.5 Å². The van der Waals surface area contributed by atoms with Crippen molar-refractivity contribution in [2.75, 3.05) is 18.5 Å². The van der Waals surface area contributed by atoms with Crippen LogP contribution in [0.2, 0.25) is 0 Å². The quantitative estimate of drug-likeness (QED) is 0.656. The lowest BCUT2D eigenvalue weighted by molar-refractivity contribution is 0.0613. The summed E-state index contributed by atoms with van der Waals surface area (Å²) in [5.74, 6) is 0.429. The summed E-state index contributed by atoms with van der Waals surface area (Å²) in [6, 6.07) is 13.5. The van der Waals surface area contributed by atoms with E-state index in [1.54, 1.807) is 36.4 Å². The molecule has 0 bridgehead atoms. The van der Waals surface area contributed by atoms with E-state index in [1.165, 1.54) is 30.6 Å². The molecule has 1 aliphatic rings. The molecule has 0 atom stereocenters. The van der Waals surface area contributed by atoms with Gasteiger partial charge in [0.15, 0.2) is 0 Å². The first-order valence-electron chi connectivity index (χ1n) is 10.3. The highest BCUT2D eigenvalue weighted by Crippen LogP contribution is 2.31. The van der Waals surface area contributed by atoms with Crippen LogP contribution in [0.5, 0.6) is 5.75 Å². The van der Waals surface area contributed by atoms with Gasteiger partial charge in [0.1, 0.15) is 5.75 Å². The smallest absolute Gasteiger partial charge is 0.264 e. The number of sulfonamides is 1. The molecule has 0 N–H and O–H groups in total. The SMILES string of the molecule is COc1ccccc1N(C)S(=O)(=O)c1ccc(C(=O)N(C(C)C)C2CCCC2)cc1. The highest BCUT2D eigenvalue weighted by molar-refractivity contribution is 7.92. The Kier molecular flexibility index (Phi) is 6.71. The number of amides is 1. The number of para-hydroxylation sites is 2.